The largest absolute Gasteiger partial charge is 0.497 e. The predicted molar refractivity (Wildman–Crippen MR) is 171 cm³/mol. The van der Waals surface area contributed by atoms with Crippen molar-refractivity contribution in [2.75, 3.05) is 49.8 Å². The highest BCUT2D eigenvalue weighted by Crippen LogP contribution is 2.45. The van der Waals surface area contributed by atoms with Crippen LogP contribution in [0, 0.1) is 11.8 Å². The summed E-state index contributed by atoms with van der Waals surface area (Å²) in [4.78, 5) is 37.8. The summed E-state index contributed by atoms with van der Waals surface area (Å²) >= 11 is 0. The zero-order chi connectivity index (χ0) is 32.7. The third-order valence-corrected chi connectivity index (χ3v) is 8.53. The van der Waals surface area contributed by atoms with E-state index in [4.69, 9.17) is 14.2 Å². The van der Waals surface area contributed by atoms with Gasteiger partial charge in [-0.25, -0.2) is 18.7 Å². The Morgan fingerprint density at radius 2 is 1.83 bits per heavy atom. The van der Waals surface area contributed by atoms with Crippen LogP contribution in [0.25, 0.3) is 0 Å². The van der Waals surface area contributed by atoms with Gasteiger partial charge in [-0.1, -0.05) is 6.07 Å². The van der Waals surface area contributed by atoms with Crippen LogP contribution < -0.4 is 19.3 Å². The zero-order valence-corrected chi connectivity index (χ0v) is 26.7. The monoisotopic (exact) mass is 636 g/mol. The van der Waals surface area contributed by atoms with Crippen molar-refractivity contribution in [2.45, 2.75) is 57.8 Å². The summed E-state index contributed by atoms with van der Waals surface area (Å²) in [5.41, 5.74) is 1.98. The Kier molecular flexibility index (Phi) is 10.7. The normalized spacial score (nSPS) is 16.1. The van der Waals surface area contributed by atoms with Crippen LogP contribution >= 0.6 is 0 Å². The van der Waals surface area contributed by atoms with Crippen molar-refractivity contribution in [2.24, 2.45) is 11.8 Å². The number of anilines is 2. The van der Waals surface area contributed by atoms with E-state index in [0.29, 0.717) is 61.5 Å². The van der Waals surface area contributed by atoms with Crippen LogP contribution in [-0.2, 0) is 9.53 Å². The van der Waals surface area contributed by atoms with Crippen molar-refractivity contribution in [3.05, 3.63) is 72.1 Å². The Bertz CT molecular complexity index is 1470. The van der Waals surface area contributed by atoms with Gasteiger partial charge in [0.2, 0.25) is 5.88 Å². The molecule has 1 aliphatic heterocycles. The van der Waals surface area contributed by atoms with E-state index in [-0.39, 0.29) is 23.6 Å². The number of ether oxygens (including phenoxy) is 3. The number of alkyl halides is 2. The number of benzene rings is 1. The molecule has 2 aliphatic rings. The van der Waals surface area contributed by atoms with Gasteiger partial charge in [0.15, 0.2) is 0 Å². The molecule has 46 heavy (non-hydrogen) atoms. The van der Waals surface area contributed by atoms with Crippen molar-refractivity contribution in [1.82, 2.24) is 9.97 Å². The first kappa shape index (κ1) is 33.1. The molecule has 0 radical (unpaired) electrons. The maximum Gasteiger partial charge on any atom is 0.306 e. The van der Waals surface area contributed by atoms with Crippen molar-refractivity contribution in [1.29, 1.82) is 0 Å². The second kappa shape index (κ2) is 14.9. The Morgan fingerprint density at radius 1 is 1.04 bits per heavy atom. The Morgan fingerprint density at radius 3 is 2.48 bits per heavy atom. The number of piperidine rings is 1. The standard InChI is InChI=1S/C35H42F2N4O5/c1-4-45-33(42)21-29(25-8-9-25)26-12-16-39-32(19-26)46-22-24-13-17-40(18-14-24)30-20-27(44-3)10-11-28(30)34(43)41(23-35(2,36)37)31-7-5-6-15-38-31/h5-7,10-12,15-16,19-20,24-25,29H,4,8-9,13-14,17-18,21-23H2,1-3H3. The van der Waals surface area contributed by atoms with E-state index in [1.807, 2.05) is 19.1 Å². The number of pyridine rings is 2. The molecule has 11 heteroatoms. The highest BCUT2D eigenvalue weighted by Gasteiger charge is 2.35. The van der Waals surface area contributed by atoms with Gasteiger partial charge in [0, 0.05) is 44.5 Å². The Hall–Kier alpha value is -4.28. The Balaban J connectivity index is 1.25. The molecule has 5 rings (SSSR count). The molecule has 1 aromatic carbocycles. The van der Waals surface area contributed by atoms with Crippen LogP contribution in [0.1, 0.15) is 67.8 Å². The number of aromatic nitrogens is 2. The maximum absolute atomic E-state index is 14.2. The summed E-state index contributed by atoms with van der Waals surface area (Å²) in [5.74, 6) is -1.75. The van der Waals surface area contributed by atoms with Crippen LogP contribution in [0.5, 0.6) is 11.6 Å². The van der Waals surface area contributed by atoms with Gasteiger partial charge >= 0.3 is 5.97 Å². The molecule has 1 aliphatic carbocycles. The van der Waals surface area contributed by atoms with E-state index >= 15 is 0 Å². The van der Waals surface area contributed by atoms with E-state index in [1.54, 1.807) is 49.7 Å². The summed E-state index contributed by atoms with van der Waals surface area (Å²) in [6.07, 6.45) is 7.38. The van der Waals surface area contributed by atoms with Gasteiger partial charge in [0.1, 0.15) is 11.6 Å². The second-order valence-electron chi connectivity index (χ2n) is 12.2. The number of hydrogen-bond acceptors (Lipinski definition) is 8. The number of nitrogens with zero attached hydrogens (tertiary/aromatic N) is 4. The first-order valence-electron chi connectivity index (χ1n) is 15.9. The first-order chi connectivity index (χ1) is 22.1. The van der Waals surface area contributed by atoms with Crippen molar-refractivity contribution in [3.63, 3.8) is 0 Å². The summed E-state index contributed by atoms with van der Waals surface area (Å²) < 4.78 is 45.3. The second-order valence-corrected chi connectivity index (χ2v) is 12.2. The third-order valence-electron chi connectivity index (χ3n) is 8.53. The minimum Gasteiger partial charge on any atom is -0.497 e. The molecule has 0 N–H and O–H groups in total. The number of hydrogen-bond donors (Lipinski definition) is 0. The lowest BCUT2D eigenvalue weighted by Crippen LogP contribution is -2.42. The van der Waals surface area contributed by atoms with E-state index < -0.39 is 18.4 Å². The van der Waals surface area contributed by atoms with Crippen LogP contribution in [0.3, 0.4) is 0 Å². The van der Waals surface area contributed by atoms with E-state index in [9.17, 15) is 18.4 Å². The number of carbonyl (C=O) groups excluding carboxylic acids is 2. The molecule has 1 saturated heterocycles. The number of carbonyl (C=O) groups is 2. The van der Waals surface area contributed by atoms with Crippen LogP contribution in [-0.4, -0.2) is 67.7 Å². The number of rotatable bonds is 14. The van der Waals surface area contributed by atoms with Crippen molar-refractivity contribution in [3.8, 4) is 11.6 Å². The lowest BCUT2D eigenvalue weighted by Gasteiger charge is -2.35. The molecular weight excluding hydrogens is 594 g/mol. The zero-order valence-electron chi connectivity index (χ0n) is 26.7. The smallest absolute Gasteiger partial charge is 0.306 e. The fourth-order valence-corrected chi connectivity index (χ4v) is 6.01. The van der Waals surface area contributed by atoms with Gasteiger partial charge in [-0.05, 0) is 86.3 Å². The van der Waals surface area contributed by atoms with Crippen molar-refractivity contribution >= 4 is 23.4 Å². The molecule has 1 amide bonds. The minimum atomic E-state index is -3.12. The van der Waals surface area contributed by atoms with Crippen LogP contribution in [0.4, 0.5) is 20.3 Å². The van der Waals surface area contributed by atoms with Gasteiger partial charge in [-0.3, -0.25) is 14.5 Å². The number of methoxy groups -OCH3 is 1. The molecule has 1 atom stereocenters. The molecule has 3 heterocycles. The number of esters is 1. The van der Waals surface area contributed by atoms with Gasteiger partial charge in [-0.2, -0.15) is 0 Å². The molecule has 1 saturated carbocycles. The first-order valence-corrected chi connectivity index (χ1v) is 15.9. The van der Waals surface area contributed by atoms with E-state index in [1.165, 1.54) is 6.20 Å². The lowest BCUT2D eigenvalue weighted by molar-refractivity contribution is -0.143. The number of amides is 1. The van der Waals surface area contributed by atoms with Gasteiger partial charge in [0.25, 0.3) is 11.8 Å². The lowest BCUT2D eigenvalue weighted by atomic mass is 9.92. The molecule has 2 aromatic heterocycles. The SMILES string of the molecule is CCOC(=O)CC(c1ccnc(OCC2CCN(c3cc(OC)ccc3C(=O)N(CC(C)(F)F)c3ccccn3)CC2)c1)C1CC1. The molecule has 246 valence electrons. The highest BCUT2D eigenvalue weighted by molar-refractivity contribution is 6.09. The molecule has 0 spiro atoms. The van der Waals surface area contributed by atoms with Gasteiger partial charge < -0.3 is 19.1 Å². The molecular formula is C35H42F2N4O5. The minimum absolute atomic E-state index is 0.101. The summed E-state index contributed by atoms with van der Waals surface area (Å²) in [7, 11) is 1.55. The van der Waals surface area contributed by atoms with E-state index in [0.717, 1.165) is 43.1 Å². The van der Waals surface area contributed by atoms with Gasteiger partial charge in [-0.15, -0.1) is 0 Å². The number of halogens is 2. The van der Waals surface area contributed by atoms with Crippen molar-refractivity contribution < 1.29 is 32.6 Å². The molecule has 3 aromatic rings. The third kappa shape index (κ3) is 8.70. The fourth-order valence-electron chi connectivity index (χ4n) is 6.01. The Labute approximate surface area is 268 Å². The molecule has 9 nitrogen and oxygen atoms in total. The maximum atomic E-state index is 14.2. The molecule has 2 fully saturated rings. The average molecular weight is 637 g/mol. The quantitative estimate of drug-likeness (QED) is 0.185. The average Bonchev–Trinajstić information content (AvgIpc) is 3.91. The van der Waals surface area contributed by atoms with Crippen LogP contribution in [0.2, 0.25) is 0 Å². The molecule has 0 bridgehead atoms. The van der Waals surface area contributed by atoms with E-state index in [2.05, 4.69) is 14.9 Å². The fraction of sp³-hybridized carbons (Fsp3) is 0.486. The van der Waals surface area contributed by atoms with Gasteiger partial charge in [0.05, 0.1) is 44.5 Å². The molecule has 1 unspecified atom stereocenters. The highest BCUT2D eigenvalue weighted by atomic mass is 19.3. The topological polar surface area (TPSA) is 94.1 Å². The summed E-state index contributed by atoms with van der Waals surface area (Å²) in [5, 5.41) is 0. The predicted octanol–water partition coefficient (Wildman–Crippen LogP) is 6.53. The summed E-state index contributed by atoms with van der Waals surface area (Å²) in [6, 6.07) is 13.9. The summed E-state index contributed by atoms with van der Waals surface area (Å²) in [6.45, 7) is 3.95. The van der Waals surface area contributed by atoms with Crippen LogP contribution in [0.15, 0.2) is 60.9 Å².